The summed E-state index contributed by atoms with van der Waals surface area (Å²) in [5, 5.41) is 5.62. The average molecular weight is 410 g/mol. The van der Waals surface area contributed by atoms with Crippen LogP contribution in [0.3, 0.4) is 0 Å². The van der Waals surface area contributed by atoms with Gasteiger partial charge in [-0.25, -0.2) is 0 Å². The highest BCUT2D eigenvalue weighted by molar-refractivity contribution is 6.10. The number of rotatable bonds is 7. The summed E-state index contributed by atoms with van der Waals surface area (Å²) in [6.07, 6.45) is 1.57. The molecule has 158 valence electrons. The molecule has 1 heterocycles. The Labute approximate surface area is 175 Å². The van der Waals surface area contributed by atoms with Crippen molar-refractivity contribution in [3.05, 3.63) is 54.1 Å². The van der Waals surface area contributed by atoms with Gasteiger partial charge in [0, 0.05) is 12.2 Å². The van der Waals surface area contributed by atoms with Crippen molar-refractivity contribution in [3.63, 3.8) is 0 Å². The number of nitrogens with one attached hydrogen (secondary N) is 2. The van der Waals surface area contributed by atoms with E-state index in [2.05, 4.69) is 10.6 Å². The zero-order valence-electron chi connectivity index (χ0n) is 16.9. The van der Waals surface area contributed by atoms with Gasteiger partial charge in [-0.2, -0.15) is 0 Å². The maximum Gasteiger partial charge on any atom is 0.257 e. The number of nitrogens with zero attached hydrogens (tertiary/aromatic N) is 1. The maximum absolute atomic E-state index is 12.7. The molecule has 1 atom stereocenters. The molecule has 2 aromatic carbocycles. The lowest BCUT2D eigenvalue weighted by Crippen LogP contribution is -2.44. The number of carbonyl (C=O) groups is 3. The Kier molecular flexibility index (Phi) is 7.03. The summed E-state index contributed by atoms with van der Waals surface area (Å²) in [7, 11) is 1.57. The number of nitrogens with two attached hydrogens (primary N) is 1. The van der Waals surface area contributed by atoms with Gasteiger partial charge >= 0.3 is 0 Å². The topological polar surface area (TPSA) is 114 Å². The van der Waals surface area contributed by atoms with Crippen LogP contribution < -0.4 is 21.1 Å². The van der Waals surface area contributed by atoms with Crippen LogP contribution in [0.5, 0.6) is 5.75 Å². The average Bonchev–Trinajstić information content (AvgIpc) is 2.74. The molecule has 0 unspecified atom stereocenters. The van der Waals surface area contributed by atoms with Crippen LogP contribution in [-0.2, 0) is 9.59 Å². The Hall–Kier alpha value is -3.39. The third-order valence-electron chi connectivity index (χ3n) is 5.07. The van der Waals surface area contributed by atoms with Crippen molar-refractivity contribution in [2.75, 3.05) is 37.4 Å². The number of ether oxygens (including phenoxy) is 1. The molecule has 2 aromatic rings. The van der Waals surface area contributed by atoms with E-state index in [9.17, 15) is 14.4 Å². The SMILES string of the molecule is COc1ccc(NC(=O)c2ccccc2NC(=O)CN2CCC[C@H](C(N)=O)C2)cc1. The molecule has 0 spiro atoms. The van der Waals surface area contributed by atoms with E-state index in [0.717, 1.165) is 19.4 Å². The van der Waals surface area contributed by atoms with Crippen molar-refractivity contribution in [1.29, 1.82) is 0 Å². The molecule has 8 nitrogen and oxygen atoms in total. The molecule has 4 N–H and O–H groups in total. The van der Waals surface area contributed by atoms with E-state index < -0.39 is 0 Å². The van der Waals surface area contributed by atoms with E-state index in [1.54, 1.807) is 55.6 Å². The Morgan fingerprint density at radius 1 is 1.10 bits per heavy atom. The van der Waals surface area contributed by atoms with Crippen LogP contribution in [0.25, 0.3) is 0 Å². The number of hydrogen-bond donors (Lipinski definition) is 3. The van der Waals surface area contributed by atoms with Crippen molar-refractivity contribution in [1.82, 2.24) is 4.90 Å². The molecule has 0 radical (unpaired) electrons. The first-order valence-corrected chi connectivity index (χ1v) is 9.82. The Morgan fingerprint density at radius 3 is 2.53 bits per heavy atom. The molecular formula is C22H26N4O4. The zero-order valence-corrected chi connectivity index (χ0v) is 16.9. The third-order valence-corrected chi connectivity index (χ3v) is 5.07. The van der Waals surface area contributed by atoms with Gasteiger partial charge in [0.15, 0.2) is 0 Å². The molecule has 1 fully saturated rings. The smallest absolute Gasteiger partial charge is 0.257 e. The fourth-order valence-electron chi connectivity index (χ4n) is 3.49. The highest BCUT2D eigenvalue weighted by Gasteiger charge is 2.25. The molecule has 0 bridgehead atoms. The second-order valence-corrected chi connectivity index (χ2v) is 7.25. The molecule has 1 aliphatic heterocycles. The van der Waals surface area contributed by atoms with Crippen LogP contribution in [-0.4, -0.2) is 49.4 Å². The standard InChI is InChI=1S/C22H26N4O4/c1-30-17-10-8-16(9-11-17)24-22(29)18-6-2-3-7-19(18)25-20(27)14-26-12-4-5-15(13-26)21(23)28/h2-3,6-11,15H,4-5,12-14H2,1H3,(H2,23,28)(H,24,29)(H,25,27)/t15-/m0/s1. The Bertz CT molecular complexity index is 914. The summed E-state index contributed by atoms with van der Waals surface area (Å²) in [5.74, 6) is -0.445. The van der Waals surface area contributed by atoms with Gasteiger partial charge in [0.25, 0.3) is 5.91 Å². The minimum atomic E-state index is -0.333. The van der Waals surface area contributed by atoms with E-state index in [1.807, 2.05) is 4.90 Å². The van der Waals surface area contributed by atoms with Gasteiger partial charge in [-0.1, -0.05) is 12.1 Å². The van der Waals surface area contributed by atoms with Gasteiger partial charge in [0.2, 0.25) is 11.8 Å². The van der Waals surface area contributed by atoms with Crippen LogP contribution in [0.15, 0.2) is 48.5 Å². The first kappa shape index (κ1) is 21.3. The van der Waals surface area contributed by atoms with E-state index in [0.29, 0.717) is 29.2 Å². The van der Waals surface area contributed by atoms with Crippen molar-refractivity contribution in [2.24, 2.45) is 11.7 Å². The number of carbonyl (C=O) groups excluding carboxylic acids is 3. The first-order valence-electron chi connectivity index (χ1n) is 9.82. The van der Waals surface area contributed by atoms with Crippen molar-refractivity contribution in [2.45, 2.75) is 12.8 Å². The van der Waals surface area contributed by atoms with Crippen LogP contribution in [0.1, 0.15) is 23.2 Å². The first-order chi connectivity index (χ1) is 14.5. The largest absolute Gasteiger partial charge is 0.497 e. The van der Waals surface area contributed by atoms with Gasteiger partial charge in [0.1, 0.15) is 5.75 Å². The molecule has 0 aromatic heterocycles. The Balaban J connectivity index is 1.63. The minimum Gasteiger partial charge on any atom is -0.497 e. The molecule has 8 heteroatoms. The highest BCUT2D eigenvalue weighted by atomic mass is 16.5. The number of para-hydroxylation sites is 1. The van der Waals surface area contributed by atoms with E-state index in [1.165, 1.54) is 0 Å². The molecule has 30 heavy (non-hydrogen) atoms. The lowest BCUT2D eigenvalue weighted by Gasteiger charge is -2.30. The molecule has 3 amide bonds. The predicted molar refractivity (Wildman–Crippen MR) is 114 cm³/mol. The number of benzene rings is 2. The lowest BCUT2D eigenvalue weighted by atomic mass is 9.97. The van der Waals surface area contributed by atoms with Gasteiger partial charge in [-0.3, -0.25) is 19.3 Å². The summed E-state index contributed by atoms with van der Waals surface area (Å²) in [5.41, 5.74) is 6.80. The molecule has 3 rings (SSSR count). The quantitative estimate of drug-likeness (QED) is 0.647. The second kappa shape index (κ2) is 9.89. The van der Waals surface area contributed by atoms with Crippen molar-refractivity contribution < 1.29 is 19.1 Å². The number of piperidine rings is 1. The van der Waals surface area contributed by atoms with Crippen molar-refractivity contribution in [3.8, 4) is 5.75 Å². The highest BCUT2D eigenvalue weighted by Crippen LogP contribution is 2.20. The minimum absolute atomic E-state index is 0.137. The van der Waals surface area contributed by atoms with Gasteiger partial charge in [-0.15, -0.1) is 0 Å². The number of hydrogen-bond acceptors (Lipinski definition) is 5. The van der Waals surface area contributed by atoms with Gasteiger partial charge < -0.3 is 21.1 Å². The fraction of sp³-hybridized carbons (Fsp3) is 0.318. The molecule has 0 aliphatic carbocycles. The van der Waals surface area contributed by atoms with Crippen LogP contribution in [0.2, 0.25) is 0 Å². The van der Waals surface area contributed by atoms with Crippen LogP contribution in [0, 0.1) is 5.92 Å². The molecule has 1 saturated heterocycles. The third kappa shape index (κ3) is 5.57. The summed E-state index contributed by atoms with van der Waals surface area (Å²) < 4.78 is 5.11. The van der Waals surface area contributed by atoms with Crippen LogP contribution >= 0.6 is 0 Å². The number of likely N-dealkylation sites (tertiary alicyclic amines) is 1. The lowest BCUT2D eigenvalue weighted by molar-refractivity contribution is -0.125. The maximum atomic E-state index is 12.7. The number of amides is 3. The molecule has 0 saturated carbocycles. The van der Waals surface area contributed by atoms with Crippen LogP contribution in [0.4, 0.5) is 11.4 Å². The summed E-state index contributed by atoms with van der Waals surface area (Å²) in [4.78, 5) is 38.6. The predicted octanol–water partition coefficient (Wildman–Crippen LogP) is 2.08. The summed E-state index contributed by atoms with van der Waals surface area (Å²) >= 11 is 0. The van der Waals surface area contributed by atoms with Crippen molar-refractivity contribution >= 4 is 29.1 Å². The zero-order chi connectivity index (χ0) is 21.5. The fourth-order valence-corrected chi connectivity index (χ4v) is 3.49. The Morgan fingerprint density at radius 2 is 1.83 bits per heavy atom. The normalized spacial score (nSPS) is 16.5. The number of anilines is 2. The monoisotopic (exact) mass is 410 g/mol. The summed E-state index contributed by atoms with van der Waals surface area (Å²) in [6, 6.07) is 13.8. The van der Waals surface area contributed by atoms with Gasteiger partial charge in [0.05, 0.1) is 30.8 Å². The number of methoxy groups -OCH3 is 1. The molecule has 1 aliphatic rings. The number of primary amides is 1. The van der Waals surface area contributed by atoms with E-state index in [4.69, 9.17) is 10.5 Å². The van der Waals surface area contributed by atoms with E-state index in [-0.39, 0.29) is 30.2 Å². The molecular weight excluding hydrogens is 384 g/mol. The van der Waals surface area contributed by atoms with E-state index >= 15 is 0 Å². The van der Waals surface area contributed by atoms with Gasteiger partial charge in [-0.05, 0) is 55.8 Å². The second-order valence-electron chi connectivity index (χ2n) is 7.25. The summed E-state index contributed by atoms with van der Waals surface area (Å²) in [6.45, 7) is 1.34.